The minimum Gasteiger partial charge on any atom is -0.495 e. The number of aliphatic hydroxyl groups excluding tert-OH is 1. The maximum atomic E-state index is 12.3. The topological polar surface area (TPSA) is 75.6 Å². The Morgan fingerprint density at radius 3 is 2.90 bits per heavy atom. The summed E-state index contributed by atoms with van der Waals surface area (Å²) in [6, 6.07) is 4.60. The average Bonchev–Trinajstić information content (AvgIpc) is 2.97. The second-order valence-electron chi connectivity index (χ2n) is 4.72. The molecule has 1 saturated heterocycles. The molecule has 1 aliphatic rings. The second kappa shape index (κ2) is 6.80. The Bertz CT molecular complexity index is 553. The molecule has 5 nitrogen and oxygen atoms in total. The summed E-state index contributed by atoms with van der Waals surface area (Å²) < 4.78 is 32.4. The van der Waals surface area contributed by atoms with E-state index in [0.717, 1.165) is 17.9 Å². The lowest BCUT2D eigenvalue weighted by atomic mass is 10.1. The van der Waals surface area contributed by atoms with Gasteiger partial charge in [-0.25, -0.2) is 13.1 Å². The van der Waals surface area contributed by atoms with Crippen molar-refractivity contribution < 1.29 is 18.3 Å². The van der Waals surface area contributed by atoms with Crippen LogP contribution in [0.4, 0.5) is 0 Å². The Morgan fingerprint density at radius 2 is 2.30 bits per heavy atom. The van der Waals surface area contributed by atoms with E-state index in [-0.39, 0.29) is 17.3 Å². The predicted octanol–water partition coefficient (Wildman–Crippen LogP) is 1.22. The van der Waals surface area contributed by atoms with Crippen molar-refractivity contribution in [3.63, 3.8) is 0 Å². The number of hydrogen-bond acceptors (Lipinski definition) is 5. The standard InChI is InChI=1S/C13H19NO4S2/c1-18-12-6-10(8-15)2-3-13(12)20(16,17)14-7-11-4-5-19-9-11/h2-3,6,11,14-15H,4-5,7-9H2,1H3. The molecule has 20 heavy (non-hydrogen) atoms. The number of methoxy groups -OCH3 is 1. The van der Waals surface area contributed by atoms with Gasteiger partial charge in [0.25, 0.3) is 0 Å². The van der Waals surface area contributed by atoms with E-state index in [9.17, 15) is 8.42 Å². The van der Waals surface area contributed by atoms with Crippen LogP contribution < -0.4 is 9.46 Å². The van der Waals surface area contributed by atoms with Gasteiger partial charge in [0.15, 0.2) is 0 Å². The van der Waals surface area contributed by atoms with E-state index in [1.165, 1.54) is 13.2 Å². The number of sulfonamides is 1. The van der Waals surface area contributed by atoms with Gasteiger partial charge in [-0.2, -0.15) is 11.8 Å². The number of nitrogens with one attached hydrogen (secondary N) is 1. The molecule has 1 aromatic rings. The first kappa shape index (κ1) is 15.6. The van der Waals surface area contributed by atoms with Crippen LogP contribution >= 0.6 is 11.8 Å². The maximum absolute atomic E-state index is 12.3. The fraction of sp³-hybridized carbons (Fsp3) is 0.538. The van der Waals surface area contributed by atoms with Gasteiger partial charge >= 0.3 is 0 Å². The quantitative estimate of drug-likeness (QED) is 0.825. The van der Waals surface area contributed by atoms with Crippen molar-refractivity contribution in [1.82, 2.24) is 4.72 Å². The molecule has 1 aliphatic heterocycles. The Hall–Kier alpha value is -0.760. The van der Waals surface area contributed by atoms with Gasteiger partial charge in [0.2, 0.25) is 10.0 Å². The SMILES string of the molecule is COc1cc(CO)ccc1S(=O)(=O)NCC1CCSC1. The fourth-order valence-corrected chi connectivity index (χ4v) is 4.63. The highest BCUT2D eigenvalue weighted by Crippen LogP contribution is 2.26. The third kappa shape index (κ3) is 3.66. The van der Waals surface area contributed by atoms with Crippen LogP contribution in [0.3, 0.4) is 0 Å². The van der Waals surface area contributed by atoms with Gasteiger partial charge < -0.3 is 9.84 Å². The van der Waals surface area contributed by atoms with Gasteiger partial charge in [-0.05, 0) is 41.5 Å². The first-order chi connectivity index (χ1) is 9.56. The van der Waals surface area contributed by atoms with Crippen molar-refractivity contribution in [1.29, 1.82) is 0 Å². The van der Waals surface area contributed by atoms with Crippen molar-refractivity contribution in [2.75, 3.05) is 25.2 Å². The lowest BCUT2D eigenvalue weighted by Gasteiger charge is -2.13. The summed E-state index contributed by atoms with van der Waals surface area (Å²) in [6.45, 7) is 0.309. The molecule has 0 amide bonds. The van der Waals surface area contributed by atoms with E-state index >= 15 is 0 Å². The van der Waals surface area contributed by atoms with E-state index in [4.69, 9.17) is 9.84 Å². The molecule has 1 heterocycles. The van der Waals surface area contributed by atoms with Crippen molar-refractivity contribution in [2.45, 2.75) is 17.9 Å². The van der Waals surface area contributed by atoms with Crippen LogP contribution in [0.2, 0.25) is 0 Å². The summed E-state index contributed by atoms with van der Waals surface area (Å²) in [5.74, 6) is 2.76. The Kier molecular flexibility index (Phi) is 5.31. The average molecular weight is 317 g/mol. The van der Waals surface area contributed by atoms with Crippen molar-refractivity contribution in [2.24, 2.45) is 5.92 Å². The van der Waals surface area contributed by atoms with E-state index in [1.807, 2.05) is 11.8 Å². The van der Waals surface area contributed by atoms with Crippen LogP contribution in [0.15, 0.2) is 23.1 Å². The predicted molar refractivity (Wildman–Crippen MR) is 79.5 cm³/mol. The lowest BCUT2D eigenvalue weighted by Crippen LogP contribution is -2.29. The lowest BCUT2D eigenvalue weighted by molar-refractivity contribution is 0.280. The van der Waals surface area contributed by atoms with Crippen LogP contribution in [0.5, 0.6) is 5.75 Å². The summed E-state index contributed by atoms with van der Waals surface area (Å²) in [5.41, 5.74) is 0.619. The molecule has 0 radical (unpaired) electrons. The molecule has 1 unspecified atom stereocenters. The zero-order valence-electron chi connectivity index (χ0n) is 11.3. The number of thioether (sulfide) groups is 1. The van der Waals surface area contributed by atoms with E-state index in [1.54, 1.807) is 12.1 Å². The van der Waals surface area contributed by atoms with Crippen LogP contribution in [0.25, 0.3) is 0 Å². The minimum absolute atomic E-state index is 0.114. The zero-order valence-corrected chi connectivity index (χ0v) is 13.0. The normalized spacial score (nSPS) is 19.2. The second-order valence-corrected chi connectivity index (χ2v) is 7.61. The number of hydrogen-bond donors (Lipinski definition) is 2. The van der Waals surface area contributed by atoms with Gasteiger partial charge in [0.1, 0.15) is 10.6 Å². The number of ether oxygens (including phenoxy) is 1. The van der Waals surface area contributed by atoms with E-state index < -0.39 is 10.0 Å². The largest absolute Gasteiger partial charge is 0.495 e. The highest BCUT2D eigenvalue weighted by Gasteiger charge is 2.22. The third-order valence-electron chi connectivity index (χ3n) is 3.29. The zero-order chi connectivity index (χ0) is 14.6. The van der Waals surface area contributed by atoms with E-state index in [0.29, 0.717) is 18.0 Å². The summed E-state index contributed by atoms with van der Waals surface area (Å²) in [7, 11) is -2.16. The number of benzene rings is 1. The summed E-state index contributed by atoms with van der Waals surface area (Å²) >= 11 is 1.85. The fourth-order valence-electron chi connectivity index (χ4n) is 2.08. The minimum atomic E-state index is -3.58. The molecule has 7 heteroatoms. The highest BCUT2D eigenvalue weighted by molar-refractivity contribution is 7.99. The van der Waals surface area contributed by atoms with Gasteiger partial charge in [-0.15, -0.1) is 0 Å². The molecule has 112 valence electrons. The Morgan fingerprint density at radius 1 is 1.50 bits per heavy atom. The summed E-state index contributed by atoms with van der Waals surface area (Å²) in [4.78, 5) is 0.114. The van der Waals surface area contributed by atoms with Crippen molar-refractivity contribution in [3.05, 3.63) is 23.8 Å². The summed E-state index contributed by atoms with van der Waals surface area (Å²) in [6.07, 6.45) is 1.05. The molecule has 0 saturated carbocycles. The molecular weight excluding hydrogens is 298 g/mol. The highest BCUT2D eigenvalue weighted by atomic mass is 32.2. The first-order valence-corrected chi connectivity index (χ1v) is 9.06. The molecule has 0 spiro atoms. The van der Waals surface area contributed by atoms with E-state index in [2.05, 4.69) is 4.72 Å². The molecule has 0 aromatic heterocycles. The van der Waals surface area contributed by atoms with Crippen LogP contribution in [-0.4, -0.2) is 38.7 Å². The van der Waals surface area contributed by atoms with Crippen molar-refractivity contribution >= 4 is 21.8 Å². The Labute approximate surface area is 123 Å². The monoisotopic (exact) mass is 317 g/mol. The molecule has 2 N–H and O–H groups in total. The third-order valence-corrected chi connectivity index (χ3v) is 5.98. The smallest absolute Gasteiger partial charge is 0.244 e. The molecular formula is C13H19NO4S2. The molecule has 2 rings (SSSR count). The first-order valence-electron chi connectivity index (χ1n) is 6.42. The number of rotatable bonds is 6. The van der Waals surface area contributed by atoms with Crippen LogP contribution in [-0.2, 0) is 16.6 Å². The van der Waals surface area contributed by atoms with Crippen LogP contribution in [0, 0.1) is 5.92 Å². The molecule has 1 fully saturated rings. The van der Waals surface area contributed by atoms with Gasteiger partial charge in [-0.1, -0.05) is 6.07 Å². The van der Waals surface area contributed by atoms with Gasteiger partial charge in [0.05, 0.1) is 13.7 Å². The van der Waals surface area contributed by atoms with Crippen LogP contribution in [0.1, 0.15) is 12.0 Å². The van der Waals surface area contributed by atoms with Gasteiger partial charge in [0, 0.05) is 6.54 Å². The Balaban J connectivity index is 2.15. The van der Waals surface area contributed by atoms with Crippen molar-refractivity contribution in [3.8, 4) is 5.75 Å². The van der Waals surface area contributed by atoms with Gasteiger partial charge in [-0.3, -0.25) is 0 Å². The molecule has 1 atom stereocenters. The molecule has 1 aromatic carbocycles. The molecule has 0 aliphatic carbocycles. The summed E-state index contributed by atoms with van der Waals surface area (Å²) in [5, 5.41) is 9.08. The number of aliphatic hydroxyl groups is 1. The maximum Gasteiger partial charge on any atom is 0.244 e. The molecule has 0 bridgehead atoms.